The van der Waals surface area contributed by atoms with E-state index in [0.29, 0.717) is 19.4 Å². The van der Waals surface area contributed by atoms with E-state index >= 15 is 0 Å². The molecule has 2 aromatic rings. The summed E-state index contributed by atoms with van der Waals surface area (Å²) in [5.41, 5.74) is 0. The Labute approximate surface area is 108 Å². The Hall–Kier alpha value is -1.76. The van der Waals surface area contributed by atoms with Crippen LogP contribution in [0.4, 0.5) is 0 Å². The highest BCUT2D eigenvalue weighted by Crippen LogP contribution is 2.13. The molecule has 0 aliphatic rings. The third kappa shape index (κ3) is 3.13. The van der Waals surface area contributed by atoms with Gasteiger partial charge in [-0.25, -0.2) is 4.68 Å². The Balaban J connectivity index is 1.97. The first-order valence-electron chi connectivity index (χ1n) is 5.67. The second kappa shape index (κ2) is 5.72. The molecule has 0 aliphatic carbocycles. The lowest BCUT2D eigenvalue weighted by atomic mass is 10.1. The molecule has 0 amide bonds. The molecule has 2 heterocycles. The minimum Gasteiger partial charge on any atom is -0.481 e. The summed E-state index contributed by atoms with van der Waals surface area (Å²) in [5, 5.41) is 22.4. The molecule has 0 aromatic carbocycles. The number of carboxylic acid groups (broad SMARTS) is 1. The summed E-state index contributed by atoms with van der Waals surface area (Å²) in [4.78, 5) is 11.9. The van der Waals surface area contributed by atoms with Gasteiger partial charge in [-0.1, -0.05) is 13.0 Å². The summed E-state index contributed by atoms with van der Waals surface area (Å²) in [6.45, 7) is 2.22. The molecule has 0 radical (unpaired) electrons. The van der Waals surface area contributed by atoms with E-state index in [0.717, 1.165) is 5.82 Å². The van der Waals surface area contributed by atoms with E-state index in [1.54, 1.807) is 22.9 Å². The number of thiophene rings is 1. The van der Waals surface area contributed by atoms with Crippen molar-refractivity contribution in [3.8, 4) is 0 Å². The normalized spacial score (nSPS) is 12.5. The second-order valence-electron chi connectivity index (χ2n) is 4.10. The van der Waals surface area contributed by atoms with Crippen molar-refractivity contribution in [2.75, 3.05) is 0 Å². The lowest BCUT2D eigenvalue weighted by molar-refractivity contribution is -0.141. The van der Waals surface area contributed by atoms with E-state index in [9.17, 15) is 4.79 Å². The van der Waals surface area contributed by atoms with Crippen LogP contribution in [0, 0.1) is 5.92 Å². The predicted octanol–water partition coefficient (Wildman–Crippen LogP) is 1.44. The molecule has 96 valence electrons. The van der Waals surface area contributed by atoms with Gasteiger partial charge in [0.15, 0.2) is 5.82 Å². The lowest BCUT2D eigenvalue weighted by Crippen LogP contribution is -2.14. The van der Waals surface area contributed by atoms with Crippen molar-refractivity contribution >= 4 is 17.3 Å². The van der Waals surface area contributed by atoms with E-state index < -0.39 is 5.97 Å². The van der Waals surface area contributed by atoms with Gasteiger partial charge in [-0.3, -0.25) is 4.79 Å². The molecule has 7 heteroatoms. The molecule has 2 aromatic heterocycles. The zero-order valence-corrected chi connectivity index (χ0v) is 10.8. The fourth-order valence-corrected chi connectivity index (χ4v) is 2.23. The van der Waals surface area contributed by atoms with Crippen LogP contribution in [0.1, 0.15) is 24.0 Å². The van der Waals surface area contributed by atoms with Gasteiger partial charge in [0.05, 0.1) is 5.92 Å². The van der Waals surface area contributed by atoms with Crippen molar-refractivity contribution in [2.45, 2.75) is 26.3 Å². The number of tetrazole rings is 1. The first-order valence-corrected chi connectivity index (χ1v) is 6.55. The summed E-state index contributed by atoms with van der Waals surface area (Å²) in [6, 6.07) is 4.02. The number of aryl methyl sites for hydroxylation is 1. The number of carbonyl (C=O) groups is 1. The highest BCUT2D eigenvalue weighted by molar-refractivity contribution is 7.09. The summed E-state index contributed by atoms with van der Waals surface area (Å²) in [6.07, 6.45) is 1.21. The third-order valence-electron chi connectivity index (χ3n) is 2.71. The van der Waals surface area contributed by atoms with E-state index in [2.05, 4.69) is 15.5 Å². The van der Waals surface area contributed by atoms with Crippen LogP contribution >= 0.6 is 11.3 Å². The lowest BCUT2D eigenvalue weighted by Gasteiger charge is -2.06. The van der Waals surface area contributed by atoms with Gasteiger partial charge in [-0.2, -0.15) is 0 Å². The van der Waals surface area contributed by atoms with Crippen molar-refractivity contribution < 1.29 is 9.90 Å². The highest BCUT2D eigenvalue weighted by atomic mass is 32.1. The van der Waals surface area contributed by atoms with Crippen molar-refractivity contribution in [1.82, 2.24) is 20.2 Å². The van der Waals surface area contributed by atoms with Gasteiger partial charge in [-0.05, 0) is 28.3 Å². The summed E-state index contributed by atoms with van der Waals surface area (Å²) in [5.74, 6) is -0.401. The van der Waals surface area contributed by atoms with Gasteiger partial charge in [-0.15, -0.1) is 16.4 Å². The van der Waals surface area contributed by atoms with Gasteiger partial charge in [0.25, 0.3) is 0 Å². The number of aromatic nitrogens is 4. The smallest absolute Gasteiger partial charge is 0.306 e. The number of hydrogen-bond donors (Lipinski definition) is 1. The largest absolute Gasteiger partial charge is 0.481 e. The van der Waals surface area contributed by atoms with Gasteiger partial charge in [0.2, 0.25) is 0 Å². The predicted molar refractivity (Wildman–Crippen MR) is 66.4 cm³/mol. The molecule has 2 rings (SSSR count). The minimum absolute atomic E-state index is 0.385. The maximum absolute atomic E-state index is 10.7. The van der Waals surface area contributed by atoms with Crippen LogP contribution in [0.3, 0.4) is 0 Å². The Morgan fingerprint density at radius 2 is 2.44 bits per heavy atom. The van der Waals surface area contributed by atoms with Crippen LogP contribution in [0.25, 0.3) is 0 Å². The van der Waals surface area contributed by atoms with E-state index in [4.69, 9.17) is 5.11 Å². The average molecular weight is 266 g/mol. The fourth-order valence-electron chi connectivity index (χ4n) is 1.53. The molecular weight excluding hydrogens is 252 g/mol. The first-order chi connectivity index (χ1) is 8.66. The maximum atomic E-state index is 10.7. The van der Waals surface area contributed by atoms with Gasteiger partial charge < -0.3 is 5.11 Å². The number of carboxylic acids is 1. The van der Waals surface area contributed by atoms with Crippen LogP contribution in [-0.4, -0.2) is 31.3 Å². The summed E-state index contributed by atoms with van der Waals surface area (Å²) in [7, 11) is 0. The molecule has 6 nitrogen and oxygen atoms in total. The Morgan fingerprint density at radius 1 is 1.61 bits per heavy atom. The molecule has 0 fully saturated rings. The molecule has 0 saturated heterocycles. The van der Waals surface area contributed by atoms with Crippen molar-refractivity contribution in [2.24, 2.45) is 5.92 Å². The number of rotatable bonds is 6. The van der Waals surface area contributed by atoms with E-state index in [1.165, 1.54) is 4.88 Å². The van der Waals surface area contributed by atoms with Crippen LogP contribution in [-0.2, 0) is 17.8 Å². The highest BCUT2D eigenvalue weighted by Gasteiger charge is 2.13. The van der Waals surface area contributed by atoms with Crippen LogP contribution < -0.4 is 0 Å². The fraction of sp³-hybridized carbons (Fsp3) is 0.455. The van der Waals surface area contributed by atoms with Crippen LogP contribution in [0.5, 0.6) is 0 Å². The Kier molecular flexibility index (Phi) is 4.03. The van der Waals surface area contributed by atoms with E-state index in [1.807, 2.05) is 17.5 Å². The Morgan fingerprint density at radius 3 is 3.11 bits per heavy atom. The number of aliphatic carboxylic acids is 1. The average Bonchev–Trinajstić information content (AvgIpc) is 2.98. The van der Waals surface area contributed by atoms with Gasteiger partial charge >= 0.3 is 5.97 Å². The SMILES string of the molecule is CC(CCn1nnnc1Cc1cccs1)C(=O)O. The quantitative estimate of drug-likeness (QED) is 0.855. The topological polar surface area (TPSA) is 80.9 Å². The minimum atomic E-state index is -0.789. The second-order valence-corrected chi connectivity index (χ2v) is 5.13. The molecular formula is C11H14N4O2S. The van der Waals surface area contributed by atoms with Gasteiger partial charge in [0, 0.05) is 17.8 Å². The molecule has 0 aliphatic heterocycles. The monoisotopic (exact) mass is 266 g/mol. The summed E-state index contributed by atoms with van der Waals surface area (Å²) < 4.78 is 1.68. The molecule has 1 unspecified atom stereocenters. The van der Waals surface area contributed by atoms with Crippen molar-refractivity contribution in [3.63, 3.8) is 0 Å². The molecule has 1 N–H and O–H groups in total. The number of hydrogen-bond acceptors (Lipinski definition) is 5. The molecule has 0 bridgehead atoms. The molecule has 0 saturated carbocycles. The van der Waals surface area contributed by atoms with Crippen LogP contribution in [0.15, 0.2) is 17.5 Å². The molecule has 0 spiro atoms. The first kappa shape index (κ1) is 12.7. The van der Waals surface area contributed by atoms with Crippen molar-refractivity contribution in [1.29, 1.82) is 0 Å². The van der Waals surface area contributed by atoms with Gasteiger partial charge in [0.1, 0.15) is 0 Å². The van der Waals surface area contributed by atoms with E-state index in [-0.39, 0.29) is 5.92 Å². The zero-order chi connectivity index (χ0) is 13.0. The maximum Gasteiger partial charge on any atom is 0.306 e. The zero-order valence-electron chi connectivity index (χ0n) is 9.98. The number of nitrogens with zero attached hydrogens (tertiary/aromatic N) is 4. The Bertz CT molecular complexity index is 509. The molecule has 1 atom stereocenters. The third-order valence-corrected chi connectivity index (χ3v) is 3.59. The van der Waals surface area contributed by atoms with Crippen molar-refractivity contribution in [3.05, 3.63) is 28.2 Å². The van der Waals surface area contributed by atoms with Crippen LogP contribution in [0.2, 0.25) is 0 Å². The summed E-state index contributed by atoms with van der Waals surface area (Å²) >= 11 is 1.66. The standard InChI is InChI=1S/C11H14N4O2S/c1-8(11(16)17)4-5-15-10(12-13-14-15)7-9-3-2-6-18-9/h2-3,6,8H,4-5,7H2,1H3,(H,16,17). The molecule has 18 heavy (non-hydrogen) atoms.